The first-order valence-electron chi connectivity index (χ1n) is 10.5. The van der Waals surface area contributed by atoms with Crippen molar-refractivity contribution in [3.63, 3.8) is 0 Å². The molecule has 0 aliphatic heterocycles. The van der Waals surface area contributed by atoms with E-state index in [1.807, 2.05) is 30.3 Å². The van der Waals surface area contributed by atoms with Crippen molar-refractivity contribution < 1.29 is 5.11 Å². The Labute approximate surface area is 160 Å². The number of aliphatic hydroxyl groups excluding tert-OH is 1. The average molecular weight is 451 g/mol. The zero-order valence-electron chi connectivity index (χ0n) is 17.0. The van der Waals surface area contributed by atoms with Crippen molar-refractivity contribution >= 4 is 18.4 Å². The molecule has 0 saturated heterocycles. The standard InChI is InChI=1S/C11H13O.3C4H9.Sn/c1-3-9(2)11(12)10-7-5-4-6-8-10;3*1-3-4-2;/h1,3-9,11-12H,2H3;3*1,3-4H2,2H3;/t9-,11-;;;;/m1..../s1. The van der Waals surface area contributed by atoms with E-state index in [4.69, 9.17) is 0 Å². The van der Waals surface area contributed by atoms with Gasteiger partial charge in [0.25, 0.3) is 0 Å². The topological polar surface area (TPSA) is 20.2 Å². The zero-order chi connectivity index (χ0) is 18.5. The van der Waals surface area contributed by atoms with Crippen LogP contribution in [0.3, 0.4) is 0 Å². The zero-order valence-corrected chi connectivity index (χ0v) is 19.9. The van der Waals surface area contributed by atoms with Crippen molar-refractivity contribution in [2.75, 3.05) is 0 Å². The van der Waals surface area contributed by atoms with Gasteiger partial charge in [-0.1, -0.05) is 0 Å². The fraction of sp³-hybridized carbons (Fsp3) is 0.652. The van der Waals surface area contributed by atoms with Crippen molar-refractivity contribution in [2.45, 2.75) is 85.6 Å². The Kier molecular flexibility index (Phi) is 11.8. The van der Waals surface area contributed by atoms with Gasteiger partial charge in [0, 0.05) is 0 Å². The second-order valence-electron chi connectivity index (χ2n) is 7.75. The molecule has 1 rings (SSSR count). The van der Waals surface area contributed by atoms with Gasteiger partial charge in [-0.2, -0.15) is 0 Å². The maximum absolute atomic E-state index is 10.7. The molecule has 1 N–H and O–H groups in total. The molecular weight excluding hydrogens is 411 g/mol. The van der Waals surface area contributed by atoms with Crippen LogP contribution in [0.25, 0.3) is 0 Å². The van der Waals surface area contributed by atoms with Gasteiger partial charge in [-0.05, 0) is 0 Å². The van der Waals surface area contributed by atoms with Crippen LogP contribution in [0.2, 0.25) is 13.3 Å². The monoisotopic (exact) mass is 452 g/mol. The van der Waals surface area contributed by atoms with Gasteiger partial charge in [0.1, 0.15) is 0 Å². The Hall–Kier alpha value is -0.281. The summed E-state index contributed by atoms with van der Waals surface area (Å²) in [5.41, 5.74) is 1.04. The molecule has 0 aromatic heterocycles. The average Bonchev–Trinajstić information content (AvgIpc) is 2.66. The minimum absolute atomic E-state index is 0.198. The Morgan fingerprint density at radius 1 is 0.880 bits per heavy atom. The summed E-state index contributed by atoms with van der Waals surface area (Å²) in [5, 5.41) is 10.7. The number of hydrogen-bond donors (Lipinski definition) is 1. The Morgan fingerprint density at radius 2 is 1.36 bits per heavy atom. The molecular formula is C23H40OSn. The van der Waals surface area contributed by atoms with Gasteiger partial charge >= 0.3 is 161 Å². The molecule has 2 heteroatoms. The van der Waals surface area contributed by atoms with E-state index in [0.29, 0.717) is 0 Å². The van der Waals surface area contributed by atoms with Crippen LogP contribution in [0.4, 0.5) is 0 Å². The molecule has 0 saturated carbocycles. The second kappa shape index (κ2) is 13.0. The molecule has 0 heterocycles. The predicted octanol–water partition coefficient (Wildman–Crippen LogP) is 7.30. The molecule has 0 bridgehead atoms. The Morgan fingerprint density at radius 3 is 1.80 bits per heavy atom. The van der Waals surface area contributed by atoms with Gasteiger partial charge in [-0.15, -0.1) is 0 Å². The number of unbranched alkanes of at least 4 members (excludes halogenated alkanes) is 3. The van der Waals surface area contributed by atoms with Gasteiger partial charge in [0.05, 0.1) is 0 Å². The van der Waals surface area contributed by atoms with Crippen molar-refractivity contribution in [3.05, 3.63) is 46.1 Å². The molecule has 0 aliphatic rings. The summed E-state index contributed by atoms with van der Waals surface area (Å²) in [5.74, 6) is 0.198. The molecule has 0 unspecified atom stereocenters. The summed E-state index contributed by atoms with van der Waals surface area (Å²) in [7, 11) is 0. The quantitative estimate of drug-likeness (QED) is 0.312. The van der Waals surface area contributed by atoms with Crippen LogP contribution >= 0.6 is 0 Å². The summed E-state index contributed by atoms with van der Waals surface area (Å²) in [6.07, 6.45) is 10.1. The second-order valence-corrected chi connectivity index (χ2v) is 20.8. The number of aliphatic hydroxyl groups is 1. The molecule has 2 atom stereocenters. The van der Waals surface area contributed by atoms with E-state index < -0.39 is 18.4 Å². The van der Waals surface area contributed by atoms with Crippen molar-refractivity contribution in [1.29, 1.82) is 0 Å². The molecule has 0 radical (unpaired) electrons. The normalized spacial score (nSPS) is 14.8. The van der Waals surface area contributed by atoms with E-state index in [1.165, 1.54) is 51.8 Å². The van der Waals surface area contributed by atoms with E-state index in [9.17, 15) is 5.11 Å². The summed E-state index contributed by atoms with van der Waals surface area (Å²) in [4.78, 5) is 0. The molecule has 0 aliphatic carbocycles. The SMILES string of the molecule is CCC[CH2][Sn](/[CH]=C/[C@@H](C)[C@@H](O)c1ccccc1)([CH2]CCC)[CH2]CCC. The van der Waals surface area contributed by atoms with Crippen LogP contribution in [-0.2, 0) is 0 Å². The number of hydrogen-bond acceptors (Lipinski definition) is 1. The van der Waals surface area contributed by atoms with Crippen molar-refractivity contribution in [1.82, 2.24) is 0 Å². The Balaban J connectivity index is 2.89. The molecule has 1 aromatic rings. The van der Waals surface area contributed by atoms with Gasteiger partial charge in [0.15, 0.2) is 0 Å². The molecule has 25 heavy (non-hydrogen) atoms. The van der Waals surface area contributed by atoms with E-state index in [0.717, 1.165) is 5.56 Å². The fourth-order valence-corrected chi connectivity index (χ4v) is 18.3. The third-order valence-electron chi connectivity index (χ3n) is 5.48. The molecule has 1 nitrogen and oxygen atoms in total. The van der Waals surface area contributed by atoms with Crippen LogP contribution in [0.15, 0.2) is 40.5 Å². The summed E-state index contributed by atoms with van der Waals surface area (Å²) >= 11 is -2.22. The van der Waals surface area contributed by atoms with Gasteiger partial charge in [-0.25, -0.2) is 0 Å². The summed E-state index contributed by atoms with van der Waals surface area (Å²) in [6.45, 7) is 9.13. The van der Waals surface area contributed by atoms with Crippen LogP contribution in [0.5, 0.6) is 0 Å². The molecule has 1 aromatic carbocycles. The first kappa shape index (κ1) is 22.8. The van der Waals surface area contributed by atoms with E-state index in [1.54, 1.807) is 0 Å². The van der Waals surface area contributed by atoms with Crippen LogP contribution in [-0.4, -0.2) is 23.5 Å². The van der Waals surface area contributed by atoms with Gasteiger partial charge in [-0.3, -0.25) is 0 Å². The van der Waals surface area contributed by atoms with Crippen LogP contribution in [0, 0.1) is 5.92 Å². The first-order chi connectivity index (χ1) is 12.1. The predicted molar refractivity (Wildman–Crippen MR) is 115 cm³/mol. The van der Waals surface area contributed by atoms with E-state index in [-0.39, 0.29) is 12.0 Å². The third kappa shape index (κ3) is 8.30. The minimum atomic E-state index is -2.22. The van der Waals surface area contributed by atoms with Gasteiger partial charge < -0.3 is 0 Å². The summed E-state index contributed by atoms with van der Waals surface area (Å²) < 4.78 is 7.17. The van der Waals surface area contributed by atoms with Gasteiger partial charge in [0.2, 0.25) is 0 Å². The third-order valence-corrected chi connectivity index (χ3v) is 19.6. The molecule has 0 spiro atoms. The number of rotatable bonds is 13. The molecule has 142 valence electrons. The van der Waals surface area contributed by atoms with Crippen LogP contribution in [0.1, 0.15) is 77.9 Å². The fourth-order valence-electron chi connectivity index (χ4n) is 3.63. The van der Waals surface area contributed by atoms with E-state index in [2.05, 4.69) is 37.9 Å². The number of benzene rings is 1. The van der Waals surface area contributed by atoms with Crippen molar-refractivity contribution in [3.8, 4) is 0 Å². The first-order valence-corrected chi connectivity index (χ1v) is 18.2. The maximum atomic E-state index is 10.7. The Bertz CT molecular complexity index is 446. The summed E-state index contributed by atoms with van der Waals surface area (Å²) in [6, 6.07) is 10.1. The molecule has 0 fully saturated rings. The van der Waals surface area contributed by atoms with E-state index >= 15 is 0 Å². The molecule has 0 amide bonds. The van der Waals surface area contributed by atoms with Crippen molar-refractivity contribution in [2.24, 2.45) is 5.92 Å². The van der Waals surface area contributed by atoms with Crippen LogP contribution < -0.4 is 0 Å².